The fourth-order valence-electron chi connectivity index (χ4n) is 4.03. The van der Waals surface area contributed by atoms with Gasteiger partial charge >= 0.3 is 5.97 Å². The Bertz CT molecular complexity index is 393. The van der Waals surface area contributed by atoms with Gasteiger partial charge < -0.3 is 14.7 Å². The molecule has 1 amide bonds. The first-order chi connectivity index (χ1) is 9.60. The van der Waals surface area contributed by atoms with Crippen molar-refractivity contribution >= 4 is 11.9 Å². The van der Waals surface area contributed by atoms with Gasteiger partial charge in [-0.25, -0.2) is 4.79 Å². The molecule has 1 aliphatic carbocycles. The van der Waals surface area contributed by atoms with Crippen molar-refractivity contribution in [2.24, 2.45) is 5.41 Å². The maximum Gasteiger partial charge on any atom is 0.332 e. The molecule has 2 aliphatic heterocycles. The Morgan fingerprint density at radius 1 is 1.00 bits per heavy atom. The quantitative estimate of drug-likeness (QED) is 0.838. The highest BCUT2D eigenvalue weighted by Crippen LogP contribution is 2.46. The number of hydrogen-bond donors (Lipinski definition) is 1. The summed E-state index contributed by atoms with van der Waals surface area (Å²) in [6.07, 6.45) is 7.16. The number of ether oxygens (including phenoxy) is 1. The Hall–Kier alpha value is -1.10. The van der Waals surface area contributed by atoms with Gasteiger partial charge in [0.1, 0.15) is 6.10 Å². The molecule has 1 spiro atoms. The van der Waals surface area contributed by atoms with Gasteiger partial charge in [0.05, 0.1) is 0 Å². The SMILES string of the molecule is O=C(O)C1CCC(C(=O)N2CCC3(CCCC3)CC2)O1. The van der Waals surface area contributed by atoms with Gasteiger partial charge in [-0.05, 0) is 43.9 Å². The number of carbonyl (C=O) groups excluding carboxylic acids is 1. The number of carboxylic acids is 1. The van der Waals surface area contributed by atoms with Crippen LogP contribution in [0.1, 0.15) is 51.4 Å². The number of amides is 1. The normalized spacial score (nSPS) is 32.7. The molecule has 20 heavy (non-hydrogen) atoms. The number of hydrogen-bond acceptors (Lipinski definition) is 3. The zero-order chi connectivity index (χ0) is 14.2. The molecule has 2 heterocycles. The lowest BCUT2D eigenvalue weighted by Crippen LogP contribution is -2.46. The van der Waals surface area contributed by atoms with E-state index in [1.807, 2.05) is 4.90 Å². The molecule has 3 rings (SSSR count). The maximum absolute atomic E-state index is 12.4. The number of aliphatic carboxylic acids is 1. The Morgan fingerprint density at radius 2 is 1.60 bits per heavy atom. The molecule has 0 aromatic heterocycles. The van der Waals surface area contributed by atoms with E-state index in [9.17, 15) is 9.59 Å². The smallest absolute Gasteiger partial charge is 0.332 e. The molecule has 0 radical (unpaired) electrons. The Labute approximate surface area is 119 Å². The van der Waals surface area contributed by atoms with Gasteiger partial charge in [-0.1, -0.05) is 12.8 Å². The number of likely N-dealkylation sites (tertiary alicyclic amines) is 1. The van der Waals surface area contributed by atoms with Crippen molar-refractivity contribution in [2.45, 2.75) is 63.6 Å². The van der Waals surface area contributed by atoms with Crippen LogP contribution in [0.5, 0.6) is 0 Å². The third-order valence-electron chi connectivity index (χ3n) is 5.37. The summed E-state index contributed by atoms with van der Waals surface area (Å²) < 4.78 is 5.36. The molecule has 0 aromatic carbocycles. The first-order valence-electron chi connectivity index (χ1n) is 7.77. The molecule has 1 N–H and O–H groups in total. The van der Waals surface area contributed by atoms with Gasteiger partial charge in [0.15, 0.2) is 6.10 Å². The van der Waals surface area contributed by atoms with Gasteiger partial charge in [-0.3, -0.25) is 4.79 Å². The van der Waals surface area contributed by atoms with Gasteiger partial charge in [0.25, 0.3) is 5.91 Å². The summed E-state index contributed by atoms with van der Waals surface area (Å²) in [6, 6.07) is 0. The monoisotopic (exact) mass is 281 g/mol. The molecule has 5 nitrogen and oxygen atoms in total. The van der Waals surface area contributed by atoms with Crippen molar-refractivity contribution in [3.8, 4) is 0 Å². The summed E-state index contributed by atoms with van der Waals surface area (Å²) in [6.45, 7) is 1.63. The number of rotatable bonds is 2. The minimum absolute atomic E-state index is 0.00148. The summed E-state index contributed by atoms with van der Waals surface area (Å²) in [4.78, 5) is 25.1. The Balaban J connectivity index is 1.53. The van der Waals surface area contributed by atoms with Crippen LogP contribution in [-0.2, 0) is 14.3 Å². The highest BCUT2D eigenvalue weighted by atomic mass is 16.5. The molecular weight excluding hydrogens is 258 g/mol. The van der Waals surface area contributed by atoms with Crippen molar-refractivity contribution in [2.75, 3.05) is 13.1 Å². The van der Waals surface area contributed by atoms with E-state index in [0.29, 0.717) is 18.3 Å². The standard InChI is InChI=1S/C15H23NO4/c17-13(11-3-4-12(20-11)14(18)19)16-9-7-15(8-10-16)5-1-2-6-15/h11-12H,1-10H2,(H,18,19). The summed E-state index contributed by atoms with van der Waals surface area (Å²) >= 11 is 0. The molecule has 0 aromatic rings. The van der Waals surface area contributed by atoms with Crippen molar-refractivity contribution < 1.29 is 19.4 Å². The number of carboxylic acid groups (broad SMARTS) is 1. The average molecular weight is 281 g/mol. The molecule has 3 aliphatic rings. The van der Waals surface area contributed by atoms with Crippen LogP contribution in [0.25, 0.3) is 0 Å². The summed E-state index contributed by atoms with van der Waals surface area (Å²) in [7, 11) is 0. The van der Waals surface area contributed by atoms with E-state index >= 15 is 0 Å². The van der Waals surface area contributed by atoms with E-state index in [1.54, 1.807) is 0 Å². The second-order valence-corrected chi connectivity index (χ2v) is 6.56. The number of piperidine rings is 1. The number of nitrogens with zero attached hydrogens (tertiary/aromatic N) is 1. The van der Waals surface area contributed by atoms with Crippen molar-refractivity contribution in [1.29, 1.82) is 0 Å². The van der Waals surface area contributed by atoms with Crippen LogP contribution in [0.4, 0.5) is 0 Å². The third-order valence-corrected chi connectivity index (χ3v) is 5.37. The molecule has 112 valence electrons. The predicted octanol–water partition coefficient (Wildman–Crippen LogP) is 1.80. The average Bonchev–Trinajstić information content (AvgIpc) is 3.08. The third kappa shape index (κ3) is 2.55. The van der Waals surface area contributed by atoms with Crippen LogP contribution in [0.2, 0.25) is 0 Å². The minimum Gasteiger partial charge on any atom is -0.479 e. The fraction of sp³-hybridized carbons (Fsp3) is 0.867. The molecule has 5 heteroatoms. The summed E-state index contributed by atoms with van der Waals surface area (Å²) in [5.41, 5.74) is 0.497. The molecule has 0 bridgehead atoms. The first kappa shape index (κ1) is 13.9. The molecule has 3 fully saturated rings. The highest BCUT2D eigenvalue weighted by Gasteiger charge is 2.41. The molecular formula is C15H23NO4. The lowest BCUT2D eigenvalue weighted by Gasteiger charge is -2.40. The van der Waals surface area contributed by atoms with E-state index in [1.165, 1.54) is 25.7 Å². The molecule has 2 unspecified atom stereocenters. The Morgan fingerprint density at radius 3 is 2.15 bits per heavy atom. The minimum atomic E-state index is -0.955. The second-order valence-electron chi connectivity index (χ2n) is 6.56. The molecule has 2 atom stereocenters. The van der Waals surface area contributed by atoms with Gasteiger partial charge in [-0.15, -0.1) is 0 Å². The van der Waals surface area contributed by atoms with E-state index in [0.717, 1.165) is 25.9 Å². The van der Waals surface area contributed by atoms with Crippen LogP contribution >= 0.6 is 0 Å². The summed E-state index contributed by atoms with van der Waals surface area (Å²) in [5, 5.41) is 8.91. The molecule has 2 saturated heterocycles. The lowest BCUT2D eigenvalue weighted by atomic mass is 9.77. The van der Waals surface area contributed by atoms with Crippen LogP contribution in [0.15, 0.2) is 0 Å². The zero-order valence-corrected chi connectivity index (χ0v) is 11.8. The lowest BCUT2D eigenvalue weighted by molar-refractivity contribution is -0.155. The first-order valence-corrected chi connectivity index (χ1v) is 7.77. The van der Waals surface area contributed by atoms with Crippen molar-refractivity contribution in [3.63, 3.8) is 0 Å². The maximum atomic E-state index is 12.4. The Kier molecular flexibility index (Phi) is 3.71. The van der Waals surface area contributed by atoms with E-state index in [2.05, 4.69) is 0 Å². The number of carbonyl (C=O) groups is 2. The van der Waals surface area contributed by atoms with Gasteiger partial charge in [0, 0.05) is 13.1 Å². The largest absolute Gasteiger partial charge is 0.479 e. The van der Waals surface area contributed by atoms with Crippen molar-refractivity contribution in [1.82, 2.24) is 4.90 Å². The highest BCUT2D eigenvalue weighted by molar-refractivity contribution is 5.82. The predicted molar refractivity (Wildman–Crippen MR) is 72.2 cm³/mol. The van der Waals surface area contributed by atoms with E-state index < -0.39 is 18.2 Å². The van der Waals surface area contributed by atoms with Gasteiger partial charge in [-0.2, -0.15) is 0 Å². The topological polar surface area (TPSA) is 66.8 Å². The van der Waals surface area contributed by atoms with Gasteiger partial charge in [0.2, 0.25) is 0 Å². The van der Waals surface area contributed by atoms with E-state index in [-0.39, 0.29) is 5.91 Å². The van der Waals surface area contributed by atoms with Crippen LogP contribution in [0, 0.1) is 5.41 Å². The summed E-state index contributed by atoms with van der Waals surface area (Å²) in [5.74, 6) is -0.953. The van der Waals surface area contributed by atoms with Crippen LogP contribution in [-0.4, -0.2) is 47.2 Å². The second kappa shape index (κ2) is 5.35. The van der Waals surface area contributed by atoms with E-state index in [4.69, 9.17) is 9.84 Å². The van der Waals surface area contributed by atoms with Crippen LogP contribution in [0.3, 0.4) is 0 Å². The van der Waals surface area contributed by atoms with Crippen LogP contribution < -0.4 is 0 Å². The molecule has 1 saturated carbocycles. The fourth-order valence-corrected chi connectivity index (χ4v) is 4.03. The zero-order valence-electron chi connectivity index (χ0n) is 11.8. The van der Waals surface area contributed by atoms with Crippen molar-refractivity contribution in [3.05, 3.63) is 0 Å².